The Morgan fingerprint density at radius 2 is 2.26 bits per heavy atom. The Morgan fingerprint density at radius 3 is 2.79 bits per heavy atom. The molecule has 106 valence electrons. The summed E-state index contributed by atoms with van der Waals surface area (Å²) in [5.74, 6) is -0.649. The molecule has 0 bridgehead atoms. The molecule has 1 aliphatic rings. The van der Waals surface area contributed by atoms with Crippen molar-refractivity contribution in [3.05, 3.63) is 10.6 Å². The van der Waals surface area contributed by atoms with Crippen molar-refractivity contribution in [2.24, 2.45) is 5.41 Å². The molecule has 0 radical (unpaired) electrons. The van der Waals surface area contributed by atoms with E-state index in [2.05, 4.69) is 23.7 Å². The Hall–Kier alpha value is -1.10. The predicted molar refractivity (Wildman–Crippen MR) is 78.0 cm³/mol. The van der Waals surface area contributed by atoms with Crippen molar-refractivity contribution in [1.82, 2.24) is 4.98 Å². The standard InChI is InChI=1S/C14H22N2O2S/c1-4-6-14(12(17)18)7-5-8-16(9-14)13-15-10(2)11(3)19-13/h4-9H2,1-3H3,(H,17,18). The molecule has 19 heavy (non-hydrogen) atoms. The molecule has 1 saturated heterocycles. The maximum Gasteiger partial charge on any atom is 0.311 e. The highest BCUT2D eigenvalue weighted by Gasteiger charge is 2.42. The Kier molecular flexibility index (Phi) is 4.13. The molecule has 1 N–H and O–H groups in total. The van der Waals surface area contributed by atoms with Gasteiger partial charge in [0.15, 0.2) is 5.13 Å². The number of anilines is 1. The molecular formula is C14H22N2O2S. The van der Waals surface area contributed by atoms with Crippen LogP contribution >= 0.6 is 11.3 Å². The van der Waals surface area contributed by atoms with E-state index in [1.54, 1.807) is 11.3 Å². The smallest absolute Gasteiger partial charge is 0.311 e. The molecule has 0 aromatic carbocycles. The van der Waals surface area contributed by atoms with Gasteiger partial charge in [-0.15, -0.1) is 11.3 Å². The maximum absolute atomic E-state index is 11.7. The average molecular weight is 282 g/mol. The molecule has 0 spiro atoms. The van der Waals surface area contributed by atoms with Crippen LogP contribution in [-0.4, -0.2) is 29.1 Å². The van der Waals surface area contributed by atoms with E-state index in [0.717, 1.165) is 43.1 Å². The van der Waals surface area contributed by atoms with Crippen molar-refractivity contribution in [1.29, 1.82) is 0 Å². The van der Waals surface area contributed by atoms with Crippen LogP contribution in [0.1, 0.15) is 43.2 Å². The zero-order valence-corrected chi connectivity index (χ0v) is 12.7. The third-order valence-corrected chi connectivity index (χ3v) is 5.18. The van der Waals surface area contributed by atoms with E-state index in [-0.39, 0.29) is 0 Å². The fraction of sp³-hybridized carbons (Fsp3) is 0.714. The first kappa shape index (κ1) is 14.3. The third kappa shape index (κ3) is 2.76. The number of piperidine rings is 1. The number of aryl methyl sites for hydroxylation is 2. The molecule has 2 rings (SSSR count). The van der Waals surface area contributed by atoms with E-state index in [0.29, 0.717) is 6.54 Å². The first-order valence-corrected chi connectivity index (χ1v) is 7.72. The second kappa shape index (κ2) is 5.49. The number of carbonyl (C=O) groups is 1. The van der Waals surface area contributed by atoms with Crippen molar-refractivity contribution in [2.45, 2.75) is 46.5 Å². The molecule has 1 fully saturated rings. The van der Waals surface area contributed by atoms with Gasteiger partial charge >= 0.3 is 5.97 Å². The monoisotopic (exact) mass is 282 g/mol. The molecule has 1 unspecified atom stereocenters. The number of rotatable bonds is 4. The number of aliphatic carboxylic acids is 1. The number of hydrogen-bond acceptors (Lipinski definition) is 4. The molecule has 1 aliphatic heterocycles. The summed E-state index contributed by atoms with van der Waals surface area (Å²) < 4.78 is 0. The van der Waals surface area contributed by atoms with Gasteiger partial charge in [0.25, 0.3) is 0 Å². The Labute approximate surface area is 118 Å². The van der Waals surface area contributed by atoms with Crippen molar-refractivity contribution in [3.63, 3.8) is 0 Å². The minimum absolute atomic E-state index is 0.583. The van der Waals surface area contributed by atoms with Crippen LogP contribution in [0.2, 0.25) is 0 Å². The fourth-order valence-electron chi connectivity index (χ4n) is 2.85. The summed E-state index contributed by atoms with van der Waals surface area (Å²) in [6, 6.07) is 0. The van der Waals surface area contributed by atoms with Crippen LogP contribution in [0.4, 0.5) is 5.13 Å². The zero-order chi connectivity index (χ0) is 14.0. The lowest BCUT2D eigenvalue weighted by Gasteiger charge is -2.39. The van der Waals surface area contributed by atoms with E-state index in [1.807, 2.05) is 6.92 Å². The van der Waals surface area contributed by atoms with Crippen LogP contribution in [-0.2, 0) is 4.79 Å². The lowest BCUT2D eigenvalue weighted by Crippen LogP contribution is -2.48. The Bertz CT molecular complexity index is 449. The van der Waals surface area contributed by atoms with E-state index in [4.69, 9.17) is 0 Å². The van der Waals surface area contributed by atoms with Crippen molar-refractivity contribution in [3.8, 4) is 0 Å². The van der Waals surface area contributed by atoms with E-state index >= 15 is 0 Å². The maximum atomic E-state index is 11.7. The van der Waals surface area contributed by atoms with Gasteiger partial charge in [-0.2, -0.15) is 0 Å². The summed E-state index contributed by atoms with van der Waals surface area (Å²) >= 11 is 1.67. The highest BCUT2D eigenvalue weighted by Crippen LogP contribution is 2.38. The number of nitrogens with zero attached hydrogens (tertiary/aromatic N) is 2. The SMILES string of the molecule is CCCC1(C(=O)O)CCCN(c2nc(C)c(C)s2)C1. The molecular weight excluding hydrogens is 260 g/mol. The van der Waals surface area contributed by atoms with Crippen LogP contribution in [0.25, 0.3) is 0 Å². The lowest BCUT2D eigenvalue weighted by atomic mass is 9.76. The summed E-state index contributed by atoms with van der Waals surface area (Å²) in [6.45, 7) is 7.65. The molecule has 4 nitrogen and oxygen atoms in total. The van der Waals surface area contributed by atoms with Gasteiger partial charge in [-0.1, -0.05) is 13.3 Å². The van der Waals surface area contributed by atoms with E-state index in [1.165, 1.54) is 4.88 Å². The van der Waals surface area contributed by atoms with Crippen LogP contribution in [0.5, 0.6) is 0 Å². The molecule has 1 aromatic heterocycles. The number of thiazole rings is 1. The first-order chi connectivity index (χ1) is 8.98. The molecule has 0 saturated carbocycles. The van der Waals surface area contributed by atoms with Gasteiger partial charge in [0, 0.05) is 18.0 Å². The van der Waals surface area contributed by atoms with Crippen molar-refractivity contribution >= 4 is 22.4 Å². The molecule has 1 aromatic rings. The van der Waals surface area contributed by atoms with Gasteiger partial charge in [-0.05, 0) is 33.1 Å². The van der Waals surface area contributed by atoms with Crippen molar-refractivity contribution < 1.29 is 9.90 Å². The highest BCUT2D eigenvalue weighted by atomic mass is 32.1. The molecule has 0 amide bonds. The van der Waals surface area contributed by atoms with Crippen LogP contribution in [0.15, 0.2) is 0 Å². The van der Waals surface area contributed by atoms with Gasteiger partial charge in [0.05, 0.1) is 11.1 Å². The van der Waals surface area contributed by atoms with E-state index < -0.39 is 11.4 Å². The number of aromatic nitrogens is 1. The summed E-state index contributed by atoms with van der Waals surface area (Å²) in [5, 5.41) is 10.6. The number of carboxylic acids is 1. The summed E-state index contributed by atoms with van der Waals surface area (Å²) in [7, 11) is 0. The van der Waals surface area contributed by atoms with Gasteiger partial charge in [0.2, 0.25) is 0 Å². The van der Waals surface area contributed by atoms with Crippen molar-refractivity contribution in [2.75, 3.05) is 18.0 Å². The highest BCUT2D eigenvalue weighted by molar-refractivity contribution is 7.15. The fourth-order valence-corrected chi connectivity index (χ4v) is 3.78. The van der Waals surface area contributed by atoms with E-state index in [9.17, 15) is 9.90 Å². The molecule has 0 aliphatic carbocycles. The summed E-state index contributed by atoms with van der Waals surface area (Å²) in [4.78, 5) is 19.6. The summed E-state index contributed by atoms with van der Waals surface area (Å²) in [5.41, 5.74) is 0.475. The second-order valence-electron chi connectivity index (χ2n) is 5.50. The average Bonchev–Trinajstić information content (AvgIpc) is 2.70. The van der Waals surface area contributed by atoms with Gasteiger partial charge in [-0.3, -0.25) is 4.79 Å². The normalized spacial score (nSPS) is 23.6. The van der Waals surface area contributed by atoms with Gasteiger partial charge in [-0.25, -0.2) is 4.98 Å². The molecule has 5 heteroatoms. The number of hydrogen-bond donors (Lipinski definition) is 1. The first-order valence-electron chi connectivity index (χ1n) is 6.91. The molecule has 1 atom stereocenters. The van der Waals surface area contributed by atoms with Crippen LogP contribution in [0.3, 0.4) is 0 Å². The Morgan fingerprint density at radius 1 is 1.53 bits per heavy atom. The lowest BCUT2D eigenvalue weighted by molar-refractivity contribution is -0.150. The summed E-state index contributed by atoms with van der Waals surface area (Å²) in [6.07, 6.45) is 3.39. The topological polar surface area (TPSA) is 53.4 Å². The minimum Gasteiger partial charge on any atom is -0.481 e. The number of carboxylic acid groups (broad SMARTS) is 1. The van der Waals surface area contributed by atoms with Crippen LogP contribution in [0, 0.1) is 19.3 Å². The minimum atomic E-state index is -0.649. The Balaban J connectivity index is 2.22. The largest absolute Gasteiger partial charge is 0.481 e. The molecule has 2 heterocycles. The third-order valence-electron chi connectivity index (χ3n) is 4.05. The predicted octanol–water partition coefficient (Wildman–Crippen LogP) is 3.23. The van der Waals surface area contributed by atoms with Gasteiger partial charge < -0.3 is 10.0 Å². The quantitative estimate of drug-likeness (QED) is 0.921. The van der Waals surface area contributed by atoms with Crippen LogP contribution < -0.4 is 4.90 Å². The second-order valence-corrected chi connectivity index (χ2v) is 6.68. The van der Waals surface area contributed by atoms with Gasteiger partial charge in [0.1, 0.15) is 0 Å². The zero-order valence-electron chi connectivity index (χ0n) is 11.9.